The molecule has 1 aromatic carbocycles. The molecule has 1 saturated carbocycles. The Morgan fingerprint density at radius 1 is 1.22 bits per heavy atom. The minimum atomic E-state index is -1.51. The molecule has 0 aromatic heterocycles. The lowest BCUT2D eigenvalue weighted by Crippen LogP contribution is -2.39. The van der Waals surface area contributed by atoms with Gasteiger partial charge in [-0.1, -0.05) is 73.7 Å². The highest BCUT2D eigenvalue weighted by molar-refractivity contribution is 6.94. The fourth-order valence-corrected chi connectivity index (χ4v) is 5.33. The molecule has 0 heterocycles. The number of hydrogen-bond donors (Lipinski definition) is 1. The van der Waals surface area contributed by atoms with E-state index in [4.69, 9.17) is 0 Å². The zero-order valence-corrected chi connectivity index (χ0v) is 12.9. The Labute approximate surface area is 112 Å². The van der Waals surface area contributed by atoms with Gasteiger partial charge in [-0.2, -0.15) is 0 Å². The topological polar surface area (TPSA) is 20.2 Å². The number of rotatable bonds is 2. The normalized spacial score (nSPS) is 25.6. The van der Waals surface area contributed by atoms with Crippen LogP contribution in [0, 0.1) is 5.41 Å². The second-order valence-electron chi connectivity index (χ2n) is 6.78. The number of benzene rings is 1. The van der Waals surface area contributed by atoms with E-state index >= 15 is 0 Å². The van der Waals surface area contributed by atoms with Crippen LogP contribution >= 0.6 is 0 Å². The number of aliphatic hydroxyl groups excluding tert-OH is 1. The summed E-state index contributed by atoms with van der Waals surface area (Å²) in [5.41, 5.74) is 3.99. The molecule has 1 unspecified atom stereocenters. The van der Waals surface area contributed by atoms with E-state index < -0.39 is 8.07 Å². The zero-order valence-electron chi connectivity index (χ0n) is 11.9. The third-order valence-electron chi connectivity index (χ3n) is 4.12. The van der Waals surface area contributed by atoms with Crippen molar-refractivity contribution in [3.63, 3.8) is 0 Å². The molecule has 0 bridgehead atoms. The average Bonchev–Trinajstić information content (AvgIpc) is 2.52. The van der Waals surface area contributed by atoms with Crippen LogP contribution in [0.15, 0.2) is 41.6 Å². The molecule has 1 atom stereocenters. The van der Waals surface area contributed by atoms with Crippen molar-refractivity contribution in [3.8, 4) is 0 Å². The van der Waals surface area contributed by atoms with Crippen molar-refractivity contribution in [2.75, 3.05) is 0 Å². The molecule has 0 aliphatic heterocycles. The van der Waals surface area contributed by atoms with E-state index in [1.165, 1.54) is 10.8 Å². The van der Waals surface area contributed by atoms with Crippen LogP contribution in [0.4, 0.5) is 0 Å². The van der Waals surface area contributed by atoms with Crippen molar-refractivity contribution >= 4 is 13.3 Å². The largest absolute Gasteiger partial charge is 0.392 e. The smallest absolute Gasteiger partial charge is 0.104 e. The summed E-state index contributed by atoms with van der Waals surface area (Å²) in [6.07, 6.45) is 1.72. The van der Waals surface area contributed by atoms with Gasteiger partial charge in [0.25, 0.3) is 0 Å². The molecule has 1 N–H and O–H groups in total. The van der Waals surface area contributed by atoms with Gasteiger partial charge < -0.3 is 5.11 Å². The van der Waals surface area contributed by atoms with Crippen LogP contribution in [-0.2, 0) is 0 Å². The predicted octanol–water partition coefficient (Wildman–Crippen LogP) is 3.25. The van der Waals surface area contributed by atoms with E-state index in [0.717, 1.165) is 12.8 Å². The fraction of sp³-hybridized carbons (Fsp3) is 0.500. The lowest BCUT2D eigenvalue weighted by molar-refractivity contribution is 0.0799. The van der Waals surface area contributed by atoms with Gasteiger partial charge in [0.05, 0.1) is 6.10 Å². The first-order valence-electron chi connectivity index (χ1n) is 6.75. The maximum absolute atomic E-state index is 10.1. The van der Waals surface area contributed by atoms with E-state index in [-0.39, 0.29) is 11.5 Å². The van der Waals surface area contributed by atoms with Crippen molar-refractivity contribution in [2.45, 2.75) is 45.9 Å². The average molecular weight is 260 g/mol. The molecule has 1 aromatic rings. The van der Waals surface area contributed by atoms with Gasteiger partial charge in [0.15, 0.2) is 0 Å². The van der Waals surface area contributed by atoms with Gasteiger partial charge in [0.2, 0.25) is 0 Å². The molecule has 98 valence electrons. The van der Waals surface area contributed by atoms with Gasteiger partial charge in [0, 0.05) is 0 Å². The Balaban J connectivity index is 2.24. The summed E-state index contributed by atoms with van der Waals surface area (Å²) >= 11 is 0. The van der Waals surface area contributed by atoms with Gasteiger partial charge in [-0.15, -0.1) is 0 Å². The van der Waals surface area contributed by atoms with Crippen LogP contribution in [0.5, 0.6) is 0 Å². The van der Waals surface area contributed by atoms with E-state index in [0.29, 0.717) is 0 Å². The molecule has 18 heavy (non-hydrogen) atoms. The van der Waals surface area contributed by atoms with E-state index in [2.05, 4.69) is 63.0 Å². The highest BCUT2D eigenvalue weighted by Gasteiger charge is 2.37. The summed E-state index contributed by atoms with van der Waals surface area (Å²) in [4.78, 5) is 0. The third-order valence-corrected chi connectivity index (χ3v) is 7.07. The molecule has 2 rings (SSSR count). The molecular formula is C16H24OSi. The molecule has 0 radical (unpaired) electrons. The molecule has 1 aliphatic carbocycles. The Hall–Kier alpha value is -0.863. The van der Waals surface area contributed by atoms with E-state index in [1.807, 2.05) is 0 Å². The summed E-state index contributed by atoms with van der Waals surface area (Å²) < 4.78 is 0. The summed E-state index contributed by atoms with van der Waals surface area (Å²) in [5, 5.41) is 11.5. The monoisotopic (exact) mass is 260 g/mol. The zero-order chi connectivity index (χ0) is 13.4. The Bertz CT molecular complexity index is 445. The van der Waals surface area contributed by atoms with E-state index in [9.17, 15) is 5.11 Å². The summed E-state index contributed by atoms with van der Waals surface area (Å²) in [7, 11) is -1.51. The lowest BCUT2D eigenvalue weighted by atomic mass is 9.89. The standard InChI is InChI=1S/C16H24OSi/c1-16(2)11-13(10-15(16)17)12-18(3,4)14-8-6-5-7-9-14/h5-9,12,15,17H,10-11H2,1-4H3/b13-12+. The number of hydrogen-bond acceptors (Lipinski definition) is 1. The minimum absolute atomic E-state index is 0.0486. The molecule has 1 aliphatic rings. The number of aliphatic hydroxyl groups is 1. The maximum Gasteiger partial charge on any atom is 0.104 e. The molecule has 1 nitrogen and oxygen atoms in total. The third kappa shape index (κ3) is 2.75. The Morgan fingerprint density at radius 3 is 2.33 bits per heavy atom. The van der Waals surface area contributed by atoms with Gasteiger partial charge in [-0.25, -0.2) is 0 Å². The molecule has 2 heteroatoms. The molecule has 1 fully saturated rings. The summed E-state index contributed by atoms with van der Waals surface area (Å²) in [5.74, 6) is 0. The van der Waals surface area contributed by atoms with Gasteiger partial charge in [-0.3, -0.25) is 0 Å². The first-order chi connectivity index (χ1) is 8.31. The Kier molecular flexibility index (Phi) is 3.52. The van der Waals surface area contributed by atoms with Crippen LogP contribution in [0.25, 0.3) is 0 Å². The first kappa shape index (κ1) is 13.6. The molecule has 0 amide bonds. The highest BCUT2D eigenvalue weighted by atomic mass is 28.3. The van der Waals surface area contributed by atoms with Crippen LogP contribution < -0.4 is 5.19 Å². The summed E-state index contributed by atoms with van der Waals surface area (Å²) in [6.45, 7) is 9.09. The summed E-state index contributed by atoms with van der Waals surface area (Å²) in [6, 6.07) is 10.8. The van der Waals surface area contributed by atoms with Crippen LogP contribution in [-0.4, -0.2) is 19.3 Å². The SMILES string of the molecule is CC1(C)C/C(=C/[Si](C)(C)c2ccccc2)CC1O. The van der Waals surface area contributed by atoms with Crippen LogP contribution in [0.1, 0.15) is 26.7 Å². The molecular weight excluding hydrogens is 236 g/mol. The van der Waals surface area contributed by atoms with E-state index in [1.54, 1.807) is 0 Å². The van der Waals surface area contributed by atoms with Gasteiger partial charge >= 0.3 is 0 Å². The first-order valence-corrected chi connectivity index (χ1v) is 9.83. The van der Waals surface area contributed by atoms with Crippen molar-refractivity contribution in [1.29, 1.82) is 0 Å². The molecule has 0 spiro atoms. The van der Waals surface area contributed by atoms with Gasteiger partial charge in [0.1, 0.15) is 8.07 Å². The van der Waals surface area contributed by atoms with Gasteiger partial charge in [-0.05, 0) is 18.3 Å². The van der Waals surface area contributed by atoms with Crippen molar-refractivity contribution in [3.05, 3.63) is 41.6 Å². The van der Waals surface area contributed by atoms with Crippen LogP contribution in [0.3, 0.4) is 0 Å². The highest BCUT2D eigenvalue weighted by Crippen LogP contribution is 2.41. The minimum Gasteiger partial charge on any atom is -0.392 e. The Morgan fingerprint density at radius 2 is 1.83 bits per heavy atom. The quantitative estimate of drug-likeness (QED) is 0.809. The van der Waals surface area contributed by atoms with Crippen molar-refractivity contribution in [2.24, 2.45) is 5.41 Å². The maximum atomic E-state index is 10.1. The van der Waals surface area contributed by atoms with Crippen LogP contribution in [0.2, 0.25) is 13.1 Å². The fourth-order valence-electron chi connectivity index (χ4n) is 2.87. The predicted molar refractivity (Wildman–Crippen MR) is 80.7 cm³/mol. The lowest BCUT2D eigenvalue weighted by Gasteiger charge is -2.21. The van der Waals surface area contributed by atoms with Crippen molar-refractivity contribution in [1.82, 2.24) is 0 Å². The second kappa shape index (κ2) is 4.67. The second-order valence-corrected chi connectivity index (χ2v) is 11.1. The molecule has 0 saturated heterocycles. The van der Waals surface area contributed by atoms with Crippen molar-refractivity contribution < 1.29 is 5.11 Å².